The number of carbonyl (C=O) groups is 1. The Bertz CT molecular complexity index is 3500. The first-order valence-corrected chi connectivity index (χ1v) is 22.7. The summed E-state index contributed by atoms with van der Waals surface area (Å²) < 4.78 is 43.7. The van der Waals surface area contributed by atoms with Crippen molar-refractivity contribution in [2.75, 3.05) is 0 Å². The van der Waals surface area contributed by atoms with Gasteiger partial charge in [-0.3, -0.25) is 0 Å². The van der Waals surface area contributed by atoms with Gasteiger partial charge in [-0.25, -0.2) is 4.79 Å². The van der Waals surface area contributed by atoms with Crippen molar-refractivity contribution in [1.29, 1.82) is 0 Å². The fraction of sp³-hybridized carbons (Fsp3) is 0.0893. The summed E-state index contributed by atoms with van der Waals surface area (Å²) in [5.41, 5.74) is 7.79. The van der Waals surface area contributed by atoms with Crippen molar-refractivity contribution < 1.29 is 36.3 Å². The minimum absolute atomic E-state index is 0.0433. The van der Waals surface area contributed by atoms with E-state index < -0.39 is 17.0 Å². The number of ether oxygens (including phenoxy) is 4. The largest absolute Gasteiger partial charge is 0.491 e. The van der Waals surface area contributed by atoms with Gasteiger partial charge >= 0.3 is 5.97 Å². The Hall–Kier alpha value is -7.53. The number of rotatable bonds is 7. The summed E-state index contributed by atoms with van der Waals surface area (Å²) in [6.45, 7) is 3.94. The summed E-state index contributed by atoms with van der Waals surface area (Å²) in [7, 11) is 0. The normalized spacial score (nSPS) is 16.3. The van der Waals surface area contributed by atoms with E-state index in [0.717, 1.165) is 62.1 Å². The van der Waals surface area contributed by atoms with E-state index in [2.05, 4.69) is 91.8 Å². The third kappa shape index (κ3) is 5.46. The lowest BCUT2D eigenvalue weighted by molar-refractivity contribution is 0.0224. The summed E-state index contributed by atoms with van der Waals surface area (Å²) in [6.07, 6.45) is -0.0433. The van der Waals surface area contributed by atoms with Crippen molar-refractivity contribution in [3.8, 4) is 57.1 Å². The molecule has 1 unspecified atom stereocenters. The highest BCUT2D eigenvalue weighted by Gasteiger charge is 2.54. The number of benzene rings is 9. The van der Waals surface area contributed by atoms with Crippen LogP contribution in [0.4, 0.5) is 0 Å². The van der Waals surface area contributed by atoms with Gasteiger partial charge in [0.25, 0.3) is 12.3 Å². The lowest BCUT2D eigenvalue weighted by atomic mass is 9.65. The Kier molecular flexibility index (Phi) is 8.54. The van der Waals surface area contributed by atoms with Crippen LogP contribution in [0, 0.1) is 0 Å². The van der Waals surface area contributed by atoms with Crippen LogP contribution in [0.5, 0.6) is 46.0 Å². The fourth-order valence-corrected chi connectivity index (χ4v) is 11.2. The van der Waals surface area contributed by atoms with Gasteiger partial charge in [0.15, 0.2) is 5.60 Å². The number of esters is 1. The van der Waals surface area contributed by atoms with Gasteiger partial charge in [-0.05, 0) is 114 Å². The molecule has 8 nitrogen and oxygen atoms in total. The van der Waals surface area contributed by atoms with Gasteiger partial charge in [0.05, 0.1) is 17.1 Å². The number of carbonyl (C=O) groups excluding carboxylic acids is 1. The molecule has 320 valence electrons. The Balaban J connectivity index is 0.849. The average Bonchev–Trinajstić information content (AvgIpc) is 3.80. The Morgan fingerprint density at radius 1 is 0.500 bits per heavy atom. The van der Waals surface area contributed by atoms with Crippen LogP contribution in [0.3, 0.4) is 0 Å². The predicted molar refractivity (Wildman–Crippen MR) is 258 cm³/mol. The molecule has 2 spiro atoms. The van der Waals surface area contributed by atoms with E-state index in [1.54, 1.807) is 12.1 Å². The number of thiol groups is 1. The van der Waals surface area contributed by atoms with Crippen LogP contribution in [-0.2, 0) is 15.8 Å². The number of hydrogen-bond donors (Lipinski definition) is 1. The van der Waals surface area contributed by atoms with Crippen LogP contribution in [-0.4, -0.2) is 12.1 Å². The van der Waals surface area contributed by atoms with Crippen LogP contribution in [0.1, 0.15) is 63.1 Å². The van der Waals surface area contributed by atoms with Crippen LogP contribution in [0.25, 0.3) is 32.7 Å². The second-order valence-electron chi connectivity index (χ2n) is 17.1. The minimum atomic E-state index is -1.22. The van der Waals surface area contributed by atoms with Gasteiger partial charge in [0, 0.05) is 63.6 Å². The fourth-order valence-electron chi connectivity index (χ4n) is 10.7. The summed E-state index contributed by atoms with van der Waals surface area (Å²) in [5, 5.41) is 3.85. The van der Waals surface area contributed by atoms with Crippen LogP contribution in [0.15, 0.2) is 170 Å². The van der Waals surface area contributed by atoms with Gasteiger partial charge < -0.3 is 31.5 Å². The third-order valence-electron chi connectivity index (χ3n) is 13.2. The Morgan fingerprint density at radius 3 is 1.62 bits per heavy atom. The molecule has 0 aromatic heterocycles. The molecule has 9 aromatic rings. The van der Waals surface area contributed by atoms with E-state index in [-0.39, 0.29) is 6.10 Å². The summed E-state index contributed by atoms with van der Waals surface area (Å²) in [4.78, 5) is 13.4. The zero-order valence-electron chi connectivity index (χ0n) is 35.4. The van der Waals surface area contributed by atoms with E-state index >= 15 is 0 Å². The quantitative estimate of drug-likeness (QED) is 0.0955. The number of hydrogen-bond acceptors (Lipinski definition) is 10. The molecule has 0 radical (unpaired) electrons. The first-order chi connectivity index (χ1) is 32.3. The molecule has 13 rings (SSSR count). The molecule has 3 heterocycles. The molecule has 66 heavy (non-hydrogen) atoms. The highest BCUT2D eigenvalue weighted by Crippen LogP contribution is 2.64. The van der Waals surface area contributed by atoms with Crippen molar-refractivity contribution >= 4 is 52.7 Å². The zero-order valence-corrected chi connectivity index (χ0v) is 37.1. The second kappa shape index (κ2) is 14.5. The van der Waals surface area contributed by atoms with Gasteiger partial charge in [-0.1, -0.05) is 91.0 Å². The molecule has 10 heteroatoms. The Labute approximate surface area is 389 Å². The van der Waals surface area contributed by atoms with Crippen molar-refractivity contribution in [3.05, 3.63) is 214 Å². The van der Waals surface area contributed by atoms with Crippen LogP contribution in [0.2, 0.25) is 0 Å². The molecular formula is C56H36O8S2. The van der Waals surface area contributed by atoms with Gasteiger partial charge in [0.1, 0.15) is 46.0 Å². The highest BCUT2D eigenvalue weighted by atomic mass is 32.2. The molecular weight excluding hydrogens is 865 g/mol. The van der Waals surface area contributed by atoms with E-state index in [1.807, 2.05) is 92.7 Å². The van der Waals surface area contributed by atoms with Gasteiger partial charge in [-0.2, -0.15) is 0 Å². The molecule has 0 saturated heterocycles. The molecule has 0 fully saturated rings. The van der Waals surface area contributed by atoms with Gasteiger partial charge in [0.2, 0.25) is 0 Å². The molecule has 0 saturated carbocycles. The standard InChI is InChI=1S/C56H36O8S2/c1-31(2)58-34-19-25-46-50(29-34)59-51-30-37(20-26-47(51)56(46)45-14-8-5-11-42(45)54(57)61-56)64-66-63-36-18-22-39-33(28-36)16-24-49-53(39)60-52-38-21-17-35(62-65)27-32(38)15-23-48(52)55(49)43-12-6-3-9-40(43)41-10-4-7-13-44(41)55/h3-31,65H,1-2H3. The molecule has 9 aromatic carbocycles. The summed E-state index contributed by atoms with van der Waals surface area (Å²) in [6, 6.07) is 56.6. The van der Waals surface area contributed by atoms with Crippen molar-refractivity contribution in [2.24, 2.45) is 0 Å². The zero-order chi connectivity index (χ0) is 44.3. The topological polar surface area (TPSA) is 81.7 Å². The van der Waals surface area contributed by atoms with Gasteiger partial charge in [-0.15, -0.1) is 0 Å². The van der Waals surface area contributed by atoms with Crippen LogP contribution >= 0.6 is 25.2 Å². The van der Waals surface area contributed by atoms with Crippen molar-refractivity contribution in [1.82, 2.24) is 0 Å². The summed E-state index contributed by atoms with van der Waals surface area (Å²) in [5.74, 6) is 4.57. The molecule has 1 aliphatic carbocycles. The maximum absolute atomic E-state index is 13.4. The summed E-state index contributed by atoms with van der Waals surface area (Å²) >= 11 is 4.92. The van der Waals surface area contributed by atoms with E-state index in [0.29, 0.717) is 51.2 Å². The maximum atomic E-state index is 13.4. The monoisotopic (exact) mass is 900 g/mol. The van der Waals surface area contributed by atoms with E-state index in [9.17, 15) is 4.79 Å². The highest BCUT2D eigenvalue weighted by molar-refractivity contribution is 7.90. The second-order valence-corrected chi connectivity index (χ2v) is 17.8. The maximum Gasteiger partial charge on any atom is 0.340 e. The van der Waals surface area contributed by atoms with Crippen LogP contribution < -0.4 is 26.8 Å². The first-order valence-electron chi connectivity index (χ1n) is 21.7. The lowest BCUT2D eigenvalue weighted by Gasteiger charge is -2.40. The third-order valence-corrected chi connectivity index (χ3v) is 14.0. The SMILES string of the molecule is CC(C)Oc1ccc2c(c1)Oc1cc(OSOc3ccc4c5c(ccc4c3)C3(c4ccccc4-c4ccccc43)c3ccc4cc(OS)ccc4c3O5)ccc1C21OC(=O)c2ccccc21. The molecule has 0 amide bonds. The molecule has 3 aliphatic heterocycles. The van der Waals surface area contributed by atoms with E-state index in [4.69, 9.17) is 31.5 Å². The van der Waals surface area contributed by atoms with E-state index in [1.165, 1.54) is 22.3 Å². The Morgan fingerprint density at radius 2 is 1.00 bits per heavy atom. The molecule has 0 N–H and O–H groups in total. The molecule has 4 aliphatic rings. The predicted octanol–water partition coefficient (Wildman–Crippen LogP) is 14.1. The molecule has 1 atom stereocenters. The van der Waals surface area contributed by atoms with Crippen molar-refractivity contribution in [2.45, 2.75) is 31.0 Å². The minimum Gasteiger partial charge on any atom is -0.491 e. The van der Waals surface area contributed by atoms with Crippen molar-refractivity contribution in [3.63, 3.8) is 0 Å². The lowest BCUT2D eigenvalue weighted by Crippen LogP contribution is -2.33. The first kappa shape index (κ1) is 38.9. The average molecular weight is 901 g/mol. The smallest absolute Gasteiger partial charge is 0.340 e. The number of fused-ring (bicyclic) bond motifs is 19. The molecule has 0 bridgehead atoms.